The molecule has 0 aliphatic heterocycles. The van der Waals surface area contributed by atoms with Crippen molar-refractivity contribution >= 4 is 23.2 Å². The van der Waals surface area contributed by atoms with Crippen molar-refractivity contribution in [1.29, 1.82) is 0 Å². The number of phenols is 1. The topological polar surface area (TPSA) is 165 Å². The number of carbonyl (C=O) groups excluding carboxylic acids is 3. The van der Waals surface area contributed by atoms with Crippen LogP contribution in [0.4, 0.5) is 13.2 Å². The van der Waals surface area contributed by atoms with Crippen molar-refractivity contribution in [3.63, 3.8) is 0 Å². The number of amides is 1. The Balaban J connectivity index is 1.48. The number of hydrogen-bond acceptors (Lipinski definition) is 9. The van der Waals surface area contributed by atoms with Crippen LogP contribution >= 0.6 is 0 Å². The maximum Gasteiger partial charge on any atom is 0.417 e. The molecular weight excluding hydrogens is 583 g/mol. The van der Waals surface area contributed by atoms with Gasteiger partial charge in [-0.05, 0) is 88.2 Å². The zero-order valence-electron chi connectivity index (χ0n) is 24.6. The average molecular weight is 620 g/mol. The molecule has 2 unspecified atom stereocenters. The molecule has 44 heavy (non-hydrogen) atoms. The molecule has 0 aromatic heterocycles. The third kappa shape index (κ3) is 4.22. The molecule has 13 heteroatoms. The second-order valence-electron chi connectivity index (χ2n) is 13.4. The van der Waals surface area contributed by atoms with Crippen LogP contribution in [0.2, 0.25) is 0 Å². The number of hydrogen-bond donors (Lipinski definition) is 5. The van der Waals surface area contributed by atoms with Crippen LogP contribution in [0.1, 0.15) is 54.4 Å². The Morgan fingerprint density at radius 3 is 2.32 bits per heavy atom. The van der Waals surface area contributed by atoms with E-state index in [1.807, 2.05) is 4.90 Å². The molecule has 1 amide bonds. The van der Waals surface area contributed by atoms with E-state index in [9.17, 15) is 48.0 Å². The second-order valence-corrected chi connectivity index (χ2v) is 13.4. The number of phenolic OH excluding ortho intramolecular Hbond substituents is 1. The number of alkyl halides is 3. The number of nitrogens with two attached hydrogens (primary N) is 1. The first-order valence-electron chi connectivity index (χ1n) is 14.8. The molecule has 0 heterocycles. The average Bonchev–Trinajstić information content (AvgIpc) is 3.53. The number of halogens is 3. The summed E-state index contributed by atoms with van der Waals surface area (Å²) < 4.78 is 44.6. The van der Waals surface area contributed by atoms with Gasteiger partial charge in [0.05, 0.1) is 17.2 Å². The van der Waals surface area contributed by atoms with Gasteiger partial charge in [-0.15, -0.1) is 0 Å². The number of primary amides is 1. The molecule has 6 N–H and O–H groups in total. The molecule has 0 radical (unpaired) electrons. The van der Waals surface area contributed by atoms with Gasteiger partial charge < -0.3 is 26.2 Å². The van der Waals surface area contributed by atoms with Crippen LogP contribution in [0.15, 0.2) is 23.0 Å². The summed E-state index contributed by atoms with van der Waals surface area (Å²) in [6, 6.07) is -0.235. The lowest BCUT2D eigenvalue weighted by Crippen LogP contribution is -2.65. The fourth-order valence-electron chi connectivity index (χ4n) is 9.00. The summed E-state index contributed by atoms with van der Waals surface area (Å²) in [5.74, 6) is -7.93. The monoisotopic (exact) mass is 619 g/mol. The molecule has 2 bridgehead atoms. The molecule has 0 spiro atoms. The van der Waals surface area contributed by atoms with E-state index in [2.05, 4.69) is 0 Å². The van der Waals surface area contributed by atoms with Gasteiger partial charge in [0.25, 0.3) is 5.91 Å². The number of nitrogens with zero attached hydrogens (tertiary/aromatic N) is 2. The lowest BCUT2D eigenvalue weighted by atomic mass is 9.57. The van der Waals surface area contributed by atoms with Gasteiger partial charge in [-0.2, -0.15) is 13.2 Å². The number of aliphatic hydroxyl groups excluding tert-OH is 2. The highest BCUT2D eigenvalue weighted by Gasteiger charge is 2.64. The summed E-state index contributed by atoms with van der Waals surface area (Å²) in [5.41, 5.74) is -1.10. The lowest BCUT2D eigenvalue weighted by Gasteiger charge is -2.50. The number of aromatic hydroxyl groups is 1. The molecule has 3 saturated carbocycles. The zero-order chi connectivity index (χ0) is 32.2. The molecule has 0 saturated heterocycles. The van der Waals surface area contributed by atoms with E-state index in [0.717, 1.165) is 31.7 Å². The van der Waals surface area contributed by atoms with Gasteiger partial charge in [0.1, 0.15) is 22.8 Å². The van der Waals surface area contributed by atoms with E-state index >= 15 is 0 Å². The molecule has 5 aliphatic carbocycles. The van der Waals surface area contributed by atoms with Gasteiger partial charge in [0.15, 0.2) is 11.4 Å². The fraction of sp³-hybridized carbons (Fsp3) is 0.581. The largest absolute Gasteiger partial charge is 0.508 e. The maximum absolute atomic E-state index is 14.9. The highest BCUT2D eigenvalue weighted by atomic mass is 19.4. The van der Waals surface area contributed by atoms with Gasteiger partial charge in [-0.25, -0.2) is 0 Å². The molecule has 7 atom stereocenters. The van der Waals surface area contributed by atoms with Gasteiger partial charge in [-0.1, -0.05) is 6.42 Å². The maximum atomic E-state index is 14.9. The first kappa shape index (κ1) is 30.6. The number of carbonyl (C=O) groups is 3. The smallest absolute Gasteiger partial charge is 0.417 e. The zero-order valence-corrected chi connectivity index (χ0v) is 24.6. The van der Waals surface area contributed by atoms with Crippen molar-refractivity contribution in [2.75, 3.05) is 21.1 Å². The van der Waals surface area contributed by atoms with Crippen molar-refractivity contribution in [3.8, 4) is 5.75 Å². The summed E-state index contributed by atoms with van der Waals surface area (Å²) in [6.45, 7) is -0.0847. The first-order valence-corrected chi connectivity index (χ1v) is 14.8. The lowest BCUT2D eigenvalue weighted by molar-refractivity contribution is -0.153. The van der Waals surface area contributed by atoms with E-state index in [1.165, 1.54) is 19.0 Å². The van der Waals surface area contributed by atoms with Crippen LogP contribution in [-0.4, -0.2) is 86.5 Å². The van der Waals surface area contributed by atoms with Gasteiger partial charge in [0, 0.05) is 24.1 Å². The van der Waals surface area contributed by atoms with Crippen molar-refractivity contribution in [1.82, 2.24) is 9.80 Å². The normalized spacial score (nSPS) is 33.3. The van der Waals surface area contributed by atoms with Gasteiger partial charge in [-0.3, -0.25) is 24.2 Å². The van der Waals surface area contributed by atoms with Crippen LogP contribution in [0.5, 0.6) is 5.75 Å². The van der Waals surface area contributed by atoms with Crippen molar-refractivity contribution in [3.05, 3.63) is 45.2 Å². The predicted molar refractivity (Wildman–Crippen MR) is 150 cm³/mol. The quantitative estimate of drug-likeness (QED) is 0.312. The van der Waals surface area contributed by atoms with E-state index in [-0.39, 0.29) is 30.1 Å². The Hall–Kier alpha value is -3.42. The van der Waals surface area contributed by atoms with E-state index in [0.29, 0.717) is 11.8 Å². The van der Waals surface area contributed by atoms with Gasteiger partial charge >= 0.3 is 6.18 Å². The predicted octanol–water partition coefficient (Wildman–Crippen LogP) is 2.60. The number of likely N-dealkylation sites (N-methyl/N-ethyl adjacent to an activating group) is 1. The Kier molecular flexibility index (Phi) is 6.99. The van der Waals surface area contributed by atoms with E-state index < -0.39 is 93.1 Å². The SMILES string of the molecule is CN(C)[C@@H]1C(=O)C(C(N)=O)=C(O)[C@@]2(O)C(=O)C3=C(O)c4c(O)cc(CN(C)[C@H]5CC6CCC5C6)c(C(F)(F)F)c4C[C@H]3C[C@@H]12. The third-order valence-electron chi connectivity index (χ3n) is 10.8. The van der Waals surface area contributed by atoms with Crippen LogP contribution in [0.25, 0.3) is 5.76 Å². The van der Waals surface area contributed by atoms with Crippen molar-refractivity contribution in [2.24, 2.45) is 29.4 Å². The van der Waals surface area contributed by atoms with Crippen molar-refractivity contribution < 1.29 is 48.0 Å². The van der Waals surface area contributed by atoms with Crippen LogP contribution in [0.3, 0.4) is 0 Å². The van der Waals surface area contributed by atoms with Gasteiger partial charge in [0.2, 0.25) is 5.78 Å². The number of fused-ring (bicyclic) bond motifs is 5. The third-order valence-corrected chi connectivity index (χ3v) is 10.8. The minimum absolute atomic E-state index is 0.0847. The number of ketones is 2. The Bertz CT molecular complexity index is 1550. The minimum atomic E-state index is -4.87. The first-order chi connectivity index (χ1) is 20.5. The number of rotatable bonds is 5. The van der Waals surface area contributed by atoms with Crippen LogP contribution in [-0.2, 0) is 33.5 Å². The summed E-state index contributed by atoms with van der Waals surface area (Å²) in [7, 11) is 4.68. The number of aliphatic hydroxyl groups is 3. The molecule has 1 aromatic carbocycles. The highest BCUT2D eigenvalue weighted by molar-refractivity contribution is 6.24. The Labute approximate surface area is 251 Å². The minimum Gasteiger partial charge on any atom is -0.508 e. The fourth-order valence-corrected chi connectivity index (χ4v) is 9.00. The van der Waals surface area contributed by atoms with Crippen molar-refractivity contribution in [2.45, 2.75) is 68.9 Å². The summed E-state index contributed by atoms with van der Waals surface area (Å²) in [6.07, 6.45) is -1.46. The van der Waals surface area contributed by atoms with E-state index in [4.69, 9.17) is 5.73 Å². The number of Topliss-reactive ketones (excluding diaryl/α,β-unsaturated/α-hetero) is 2. The second kappa shape index (κ2) is 10.0. The molecule has 10 nitrogen and oxygen atoms in total. The Morgan fingerprint density at radius 2 is 1.77 bits per heavy atom. The molecule has 5 aliphatic rings. The standard InChI is InChI=1S/C31H36F3N3O7/c1-36(2)24-17-9-14-8-16-21(25(39)20(14)27(41)30(17,44)28(42)22(26(24)40)29(35)43)19(38)10-15(23(16)31(32,33)34)11-37(3)18-7-12-4-5-13(18)6-12/h10,12-14,17-18,24,38-39,42,44H,4-9,11H2,1-3H3,(H2,35,43)/t12?,13?,14-,17-,18-,24-,30-/m0/s1. The van der Waals surface area contributed by atoms with Crippen LogP contribution in [0, 0.1) is 23.7 Å². The summed E-state index contributed by atoms with van der Waals surface area (Å²) >= 11 is 0. The molecular formula is C31H36F3N3O7. The summed E-state index contributed by atoms with van der Waals surface area (Å²) in [4.78, 5) is 42.6. The molecule has 238 valence electrons. The van der Waals surface area contributed by atoms with E-state index in [1.54, 1.807) is 7.05 Å². The van der Waals surface area contributed by atoms with Crippen LogP contribution < -0.4 is 5.73 Å². The number of benzene rings is 1. The summed E-state index contributed by atoms with van der Waals surface area (Å²) in [5, 5.41) is 45.0. The molecule has 6 rings (SSSR count). The highest BCUT2D eigenvalue weighted by Crippen LogP contribution is 2.55. The molecule has 1 aromatic rings. The molecule has 3 fully saturated rings. The Morgan fingerprint density at radius 1 is 1.09 bits per heavy atom.